The normalized spacial score (nSPS) is 24.1. The van der Waals surface area contributed by atoms with Crippen molar-refractivity contribution in [2.75, 3.05) is 18.1 Å². The summed E-state index contributed by atoms with van der Waals surface area (Å²) in [5, 5.41) is 3.15. The number of hydrogen-bond donors (Lipinski definition) is 1. The Morgan fingerprint density at radius 2 is 2.23 bits per heavy atom. The van der Waals surface area contributed by atoms with Crippen LogP contribution in [0, 0.1) is 0 Å². The summed E-state index contributed by atoms with van der Waals surface area (Å²) in [6.45, 7) is 6.57. The Balaban J connectivity index is 2.38. The van der Waals surface area contributed by atoms with Crippen molar-refractivity contribution in [2.45, 2.75) is 32.4 Å². The highest BCUT2D eigenvalue weighted by Gasteiger charge is 2.26. The second-order valence-corrected chi connectivity index (χ2v) is 5.26. The summed E-state index contributed by atoms with van der Waals surface area (Å²) in [6, 6.07) is -0.113. The van der Waals surface area contributed by atoms with Crippen LogP contribution < -0.4 is 5.32 Å². The lowest BCUT2D eigenvalue weighted by molar-refractivity contribution is -0.156. The smallest absolute Gasteiger partial charge is 0.324 e. The van der Waals surface area contributed by atoms with Gasteiger partial charge in [-0.05, 0) is 20.8 Å². The average Bonchev–Trinajstić information content (AvgIpc) is 2.03. The Morgan fingerprint density at radius 3 is 2.69 bits per heavy atom. The first-order valence-corrected chi connectivity index (χ1v) is 5.68. The molecule has 4 heteroatoms. The van der Waals surface area contributed by atoms with Crippen LogP contribution in [0.2, 0.25) is 0 Å². The van der Waals surface area contributed by atoms with Crippen molar-refractivity contribution in [2.24, 2.45) is 0 Å². The van der Waals surface area contributed by atoms with Crippen LogP contribution in [0.25, 0.3) is 0 Å². The van der Waals surface area contributed by atoms with Gasteiger partial charge in [-0.1, -0.05) is 0 Å². The molecule has 0 bridgehead atoms. The van der Waals surface area contributed by atoms with Crippen molar-refractivity contribution < 1.29 is 9.53 Å². The molecule has 1 aliphatic heterocycles. The third kappa shape index (κ3) is 4.00. The Hall–Kier alpha value is -0.220. The average molecular weight is 203 g/mol. The van der Waals surface area contributed by atoms with Crippen molar-refractivity contribution in [1.82, 2.24) is 5.32 Å². The molecule has 1 heterocycles. The van der Waals surface area contributed by atoms with E-state index >= 15 is 0 Å². The van der Waals surface area contributed by atoms with Crippen molar-refractivity contribution in [1.29, 1.82) is 0 Å². The number of carbonyl (C=O) groups excluding carboxylic acids is 1. The lowest BCUT2D eigenvalue weighted by atomic mass is 10.2. The van der Waals surface area contributed by atoms with Crippen LogP contribution in [0.4, 0.5) is 0 Å². The SMILES string of the molecule is CC(C)(C)OC(=O)[C@@H]1CSCCN1. The van der Waals surface area contributed by atoms with Gasteiger partial charge in [0.2, 0.25) is 0 Å². The summed E-state index contributed by atoms with van der Waals surface area (Å²) in [5.74, 6) is 1.79. The maximum atomic E-state index is 11.5. The second kappa shape index (κ2) is 4.33. The van der Waals surface area contributed by atoms with Crippen molar-refractivity contribution >= 4 is 17.7 Å². The summed E-state index contributed by atoms with van der Waals surface area (Å²) < 4.78 is 5.26. The minimum absolute atomic E-state index is 0.113. The van der Waals surface area contributed by atoms with E-state index in [-0.39, 0.29) is 17.6 Å². The fraction of sp³-hybridized carbons (Fsp3) is 0.889. The molecule has 0 spiro atoms. The Kier molecular flexibility index (Phi) is 3.62. The van der Waals surface area contributed by atoms with E-state index in [1.54, 1.807) is 11.8 Å². The number of hydrogen-bond acceptors (Lipinski definition) is 4. The zero-order valence-electron chi connectivity index (χ0n) is 8.42. The Labute approximate surface area is 83.6 Å². The zero-order valence-corrected chi connectivity index (χ0v) is 9.24. The van der Waals surface area contributed by atoms with Crippen LogP contribution >= 0.6 is 11.8 Å². The molecular formula is C9H17NO2S. The van der Waals surface area contributed by atoms with Crippen molar-refractivity contribution in [3.8, 4) is 0 Å². The van der Waals surface area contributed by atoms with Crippen LogP contribution in [0.3, 0.4) is 0 Å². The molecule has 1 fully saturated rings. The van der Waals surface area contributed by atoms with Gasteiger partial charge in [-0.2, -0.15) is 11.8 Å². The maximum Gasteiger partial charge on any atom is 0.324 e. The molecule has 1 N–H and O–H groups in total. The zero-order chi connectivity index (χ0) is 9.90. The second-order valence-electron chi connectivity index (χ2n) is 4.12. The summed E-state index contributed by atoms with van der Waals surface area (Å²) in [7, 11) is 0. The first-order valence-electron chi connectivity index (χ1n) is 4.53. The minimum Gasteiger partial charge on any atom is -0.459 e. The molecule has 0 saturated carbocycles. The highest BCUT2D eigenvalue weighted by molar-refractivity contribution is 7.99. The Morgan fingerprint density at radius 1 is 1.54 bits per heavy atom. The molecule has 0 radical (unpaired) electrons. The molecule has 0 aliphatic carbocycles. The van der Waals surface area contributed by atoms with Gasteiger partial charge in [0.1, 0.15) is 11.6 Å². The largest absolute Gasteiger partial charge is 0.459 e. The Bertz CT molecular complexity index is 183. The molecule has 76 valence electrons. The predicted molar refractivity (Wildman–Crippen MR) is 55.0 cm³/mol. The van der Waals surface area contributed by atoms with Gasteiger partial charge in [0.25, 0.3) is 0 Å². The van der Waals surface area contributed by atoms with Crippen LogP contribution in [0.1, 0.15) is 20.8 Å². The van der Waals surface area contributed by atoms with Gasteiger partial charge in [0.15, 0.2) is 0 Å². The van der Waals surface area contributed by atoms with Crippen LogP contribution in [-0.4, -0.2) is 35.7 Å². The van der Waals surface area contributed by atoms with Gasteiger partial charge in [0.05, 0.1) is 0 Å². The van der Waals surface area contributed by atoms with Gasteiger partial charge >= 0.3 is 5.97 Å². The topological polar surface area (TPSA) is 38.3 Å². The number of ether oxygens (including phenoxy) is 1. The number of nitrogens with one attached hydrogen (secondary N) is 1. The molecule has 13 heavy (non-hydrogen) atoms. The van der Waals surface area contributed by atoms with Gasteiger partial charge in [0, 0.05) is 18.1 Å². The molecule has 1 saturated heterocycles. The number of carbonyl (C=O) groups is 1. The van der Waals surface area contributed by atoms with Gasteiger partial charge in [-0.15, -0.1) is 0 Å². The van der Waals surface area contributed by atoms with Gasteiger partial charge in [-0.3, -0.25) is 4.79 Å². The van der Waals surface area contributed by atoms with Crippen LogP contribution in [0.15, 0.2) is 0 Å². The fourth-order valence-electron chi connectivity index (χ4n) is 1.09. The number of esters is 1. The summed E-state index contributed by atoms with van der Waals surface area (Å²) in [6.07, 6.45) is 0. The molecule has 1 rings (SSSR count). The number of thioether (sulfide) groups is 1. The first-order chi connectivity index (χ1) is 5.99. The van der Waals surface area contributed by atoms with E-state index in [1.165, 1.54) is 0 Å². The first kappa shape index (κ1) is 10.9. The van der Waals surface area contributed by atoms with E-state index < -0.39 is 0 Å². The monoisotopic (exact) mass is 203 g/mol. The molecule has 1 atom stereocenters. The minimum atomic E-state index is -0.374. The lowest BCUT2D eigenvalue weighted by Gasteiger charge is -2.26. The number of rotatable bonds is 1. The molecule has 0 amide bonds. The summed E-state index contributed by atoms with van der Waals surface area (Å²) in [4.78, 5) is 11.5. The van der Waals surface area contributed by atoms with E-state index in [4.69, 9.17) is 4.74 Å². The predicted octanol–water partition coefficient (Wildman–Crippen LogP) is 1.03. The highest BCUT2D eigenvalue weighted by Crippen LogP contribution is 2.13. The fourth-order valence-corrected chi connectivity index (χ4v) is 2.01. The van der Waals surface area contributed by atoms with E-state index in [0.717, 1.165) is 18.1 Å². The summed E-state index contributed by atoms with van der Waals surface area (Å²) in [5.41, 5.74) is -0.374. The molecule has 0 unspecified atom stereocenters. The van der Waals surface area contributed by atoms with E-state index in [0.29, 0.717) is 0 Å². The van der Waals surface area contributed by atoms with Crippen LogP contribution in [-0.2, 0) is 9.53 Å². The van der Waals surface area contributed by atoms with E-state index in [1.807, 2.05) is 20.8 Å². The molecule has 0 aromatic rings. The molecule has 0 aromatic heterocycles. The third-order valence-corrected chi connectivity index (χ3v) is 2.67. The third-order valence-electron chi connectivity index (χ3n) is 1.61. The van der Waals surface area contributed by atoms with Crippen LogP contribution in [0.5, 0.6) is 0 Å². The molecule has 0 aromatic carbocycles. The van der Waals surface area contributed by atoms with E-state index in [2.05, 4.69) is 5.32 Å². The molecule has 1 aliphatic rings. The quantitative estimate of drug-likeness (QED) is 0.646. The van der Waals surface area contributed by atoms with Gasteiger partial charge < -0.3 is 10.1 Å². The van der Waals surface area contributed by atoms with Crippen molar-refractivity contribution in [3.63, 3.8) is 0 Å². The maximum absolute atomic E-state index is 11.5. The van der Waals surface area contributed by atoms with Crippen molar-refractivity contribution in [3.05, 3.63) is 0 Å². The lowest BCUT2D eigenvalue weighted by Crippen LogP contribution is -2.46. The standard InChI is InChI=1S/C9H17NO2S/c1-9(2,3)12-8(11)7-6-13-5-4-10-7/h7,10H,4-6H2,1-3H3/t7-/m0/s1. The molecular weight excluding hydrogens is 186 g/mol. The molecule has 3 nitrogen and oxygen atoms in total. The van der Waals surface area contributed by atoms with E-state index in [9.17, 15) is 4.79 Å². The highest BCUT2D eigenvalue weighted by atomic mass is 32.2. The summed E-state index contributed by atoms with van der Waals surface area (Å²) >= 11 is 1.79. The van der Waals surface area contributed by atoms with Gasteiger partial charge in [-0.25, -0.2) is 0 Å².